The van der Waals surface area contributed by atoms with Crippen molar-refractivity contribution in [3.63, 3.8) is 0 Å². The zero-order chi connectivity index (χ0) is 28.7. The molecule has 7 heteroatoms. The van der Waals surface area contributed by atoms with Crippen LogP contribution in [0.1, 0.15) is 53.7 Å². The highest BCUT2D eigenvalue weighted by molar-refractivity contribution is 7.16. The van der Waals surface area contributed by atoms with Crippen LogP contribution in [-0.2, 0) is 6.61 Å². The molecule has 1 aromatic heterocycles. The molecular formula is C27H28ClFN2O2S. The number of methoxy groups -OCH3 is 1. The molecule has 0 unspecified atom stereocenters. The highest BCUT2D eigenvalue weighted by Gasteiger charge is 2.32. The first kappa shape index (κ1) is 18.7. The second-order valence-corrected chi connectivity index (χ2v) is 9.87. The van der Waals surface area contributed by atoms with E-state index in [1.165, 1.54) is 29.5 Å². The molecule has 1 N–H and O–H groups in total. The Balaban J connectivity index is 1.81. The fourth-order valence-electron chi connectivity index (χ4n) is 3.78. The number of thiazole rings is 1. The fraction of sp³-hybridized carbons (Fsp3) is 0.370. The van der Waals surface area contributed by atoms with Crippen LogP contribution in [0.4, 0.5) is 9.52 Å². The topological polar surface area (TPSA) is 45.6 Å². The molecule has 0 spiro atoms. The molecule has 1 aliphatic carbocycles. The van der Waals surface area contributed by atoms with Gasteiger partial charge >= 0.3 is 0 Å². The van der Waals surface area contributed by atoms with Crippen LogP contribution in [0.3, 0.4) is 0 Å². The largest absolute Gasteiger partial charge is 0.496 e. The lowest BCUT2D eigenvalue weighted by Gasteiger charge is -2.31. The molecule has 178 valence electrons. The molecule has 34 heavy (non-hydrogen) atoms. The number of rotatable bonds is 9. The highest BCUT2D eigenvalue weighted by Crippen LogP contribution is 2.44. The molecule has 0 radical (unpaired) electrons. The van der Waals surface area contributed by atoms with Crippen molar-refractivity contribution in [2.45, 2.75) is 45.7 Å². The van der Waals surface area contributed by atoms with Gasteiger partial charge < -0.3 is 14.7 Å². The lowest BCUT2D eigenvalue weighted by Crippen LogP contribution is -2.29. The smallest absolute Gasteiger partial charge is 0.187 e. The van der Waals surface area contributed by atoms with Crippen LogP contribution < -0.4 is 9.64 Å². The van der Waals surface area contributed by atoms with Crippen molar-refractivity contribution in [2.75, 3.05) is 18.5 Å². The SMILES string of the molecule is [2H]C([2H])([2H])Oc1cc(Cl)c(-c2nc(N(CC#C)[C@H](c3ccc(CO)c(F)c3)C([2H])([2H])C3CC3)sc2C)cc1C. The van der Waals surface area contributed by atoms with Crippen molar-refractivity contribution in [3.05, 3.63) is 62.7 Å². The quantitative estimate of drug-likeness (QED) is 0.330. The highest BCUT2D eigenvalue weighted by atomic mass is 35.5. The zero-order valence-corrected chi connectivity index (χ0v) is 20.4. The Kier molecular flexibility index (Phi) is 5.69. The number of aliphatic hydroxyl groups excluding tert-OH is 1. The Labute approximate surface area is 216 Å². The van der Waals surface area contributed by atoms with Gasteiger partial charge in [0.25, 0.3) is 0 Å². The fourth-order valence-corrected chi connectivity index (χ4v) is 4.97. The van der Waals surface area contributed by atoms with Crippen molar-refractivity contribution >= 4 is 28.1 Å². The van der Waals surface area contributed by atoms with Crippen LogP contribution in [-0.4, -0.2) is 23.7 Å². The van der Waals surface area contributed by atoms with Crippen LogP contribution in [0.15, 0.2) is 30.3 Å². The van der Waals surface area contributed by atoms with E-state index < -0.39 is 31.9 Å². The van der Waals surface area contributed by atoms with Crippen LogP contribution >= 0.6 is 22.9 Å². The van der Waals surface area contributed by atoms with E-state index in [4.69, 9.17) is 34.6 Å². The third-order valence-electron chi connectivity index (χ3n) is 5.77. The first-order chi connectivity index (χ1) is 18.3. The molecule has 3 aromatic rings. The maximum Gasteiger partial charge on any atom is 0.187 e. The van der Waals surface area contributed by atoms with Gasteiger partial charge in [-0.15, -0.1) is 17.8 Å². The molecule has 4 rings (SSSR count). The van der Waals surface area contributed by atoms with Crippen LogP contribution in [0.2, 0.25) is 5.02 Å². The Hall–Kier alpha value is -2.59. The Morgan fingerprint density at radius 2 is 2.21 bits per heavy atom. The number of ether oxygens (including phenoxy) is 1. The minimum Gasteiger partial charge on any atom is -0.496 e. The second kappa shape index (κ2) is 10.4. The van der Waals surface area contributed by atoms with Gasteiger partial charge in [0.15, 0.2) is 5.13 Å². The van der Waals surface area contributed by atoms with Gasteiger partial charge in [-0.25, -0.2) is 9.37 Å². The van der Waals surface area contributed by atoms with Gasteiger partial charge in [-0.3, -0.25) is 0 Å². The number of aryl methyl sites for hydroxylation is 2. The Morgan fingerprint density at radius 3 is 2.85 bits per heavy atom. The van der Waals surface area contributed by atoms with Gasteiger partial charge in [0.1, 0.15) is 11.6 Å². The van der Waals surface area contributed by atoms with E-state index in [0.29, 0.717) is 40.4 Å². The molecule has 1 atom stereocenters. The van der Waals surface area contributed by atoms with E-state index in [1.54, 1.807) is 24.0 Å². The number of aliphatic hydroxyl groups is 1. The summed E-state index contributed by atoms with van der Waals surface area (Å²) in [5.74, 6) is 1.90. The number of benzene rings is 2. The summed E-state index contributed by atoms with van der Waals surface area (Å²) in [6, 6.07) is 6.54. The summed E-state index contributed by atoms with van der Waals surface area (Å²) in [7, 11) is -2.63. The number of anilines is 1. The van der Waals surface area contributed by atoms with Gasteiger partial charge in [0.2, 0.25) is 0 Å². The molecule has 1 fully saturated rings. The molecule has 4 nitrogen and oxygen atoms in total. The molecule has 1 heterocycles. The van der Waals surface area contributed by atoms with Gasteiger partial charge in [-0.2, -0.15) is 0 Å². The summed E-state index contributed by atoms with van der Waals surface area (Å²) < 4.78 is 60.0. The normalized spacial score (nSPS) is 17.0. The lowest BCUT2D eigenvalue weighted by molar-refractivity contribution is 0.275. The number of halogens is 2. The average molecular weight is 504 g/mol. The monoisotopic (exact) mass is 503 g/mol. The molecule has 1 aliphatic rings. The Bertz CT molecular complexity index is 1420. The van der Waals surface area contributed by atoms with Crippen LogP contribution in [0.25, 0.3) is 11.3 Å². The van der Waals surface area contributed by atoms with Crippen molar-refractivity contribution in [3.8, 4) is 29.4 Å². The zero-order valence-electron chi connectivity index (χ0n) is 23.9. The van der Waals surface area contributed by atoms with Crippen molar-refractivity contribution in [2.24, 2.45) is 5.92 Å². The van der Waals surface area contributed by atoms with E-state index in [1.807, 2.05) is 6.92 Å². The Morgan fingerprint density at radius 1 is 1.41 bits per heavy atom. The minimum absolute atomic E-state index is 0.0186. The van der Waals surface area contributed by atoms with E-state index in [-0.39, 0.29) is 28.8 Å². The van der Waals surface area contributed by atoms with Crippen molar-refractivity contribution in [1.82, 2.24) is 4.98 Å². The third kappa shape index (κ3) is 5.07. The molecular weight excluding hydrogens is 471 g/mol. The lowest BCUT2D eigenvalue weighted by atomic mass is 9.98. The van der Waals surface area contributed by atoms with Crippen molar-refractivity contribution in [1.29, 1.82) is 0 Å². The summed E-state index contributed by atoms with van der Waals surface area (Å²) in [5, 5.41) is 10.1. The predicted molar refractivity (Wildman–Crippen MR) is 137 cm³/mol. The summed E-state index contributed by atoms with van der Waals surface area (Å²) >= 11 is 7.85. The predicted octanol–water partition coefficient (Wildman–Crippen LogP) is 6.70. The number of aromatic nitrogens is 1. The van der Waals surface area contributed by atoms with Gasteiger partial charge in [-0.1, -0.05) is 42.5 Å². The summed E-state index contributed by atoms with van der Waals surface area (Å²) in [6.07, 6.45) is 5.42. The van der Waals surface area contributed by atoms with Gasteiger partial charge in [-0.05, 0) is 55.5 Å². The molecule has 1 saturated carbocycles. The van der Waals surface area contributed by atoms with E-state index >= 15 is 0 Å². The van der Waals surface area contributed by atoms with E-state index in [0.717, 1.165) is 4.88 Å². The summed E-state index contributed by atoms with van der Waals surface area (Å²) in [4.78, 5) is 7.28. The molecule has 2 aromatic carbocycles. The first-order valence-electron chi connectivity index (χ1n) is 13.3. The van der Waals surface area contributed by atoms with Crippen LogP contribution in [0.5, 0.6) is 5.75 Å². The number of hydrogen-bond acceptors (Lipinski definition) is 5. The molecule has 0 amide bonds. The van der Waals surface area contributed by atoms with Crippen LogP contribution in [0, 0.1) is 37.9 Å². The molecule has 0 bridgehead atoms. The van der Waals surface area contributed by atoms with Crippen molar-refractivity contribution < 1.29 is 21.1 Å². The van der Waals surface area contributed by atoms with Gasteiger partial charge in [0, 0.05) is 18.7 Å². The minimum atomic E-state index is -2.63. The second-order valence-electron chi connectivity index (χ2n) is 8.29. The standard InChI is InChI=1S/C27H28ClFN2O2S/c1-5-10-31(24(12-18-6-7-18)19-8-9-20(15-32)23(29)13-19)27-30-26(17(3)34-27)21-11-16(2)25(33-4)14-22(21)28/h1,8-9,11,13-14,18,24,32H,6-7,10,12,15H2,2-4H3/t24-/m0/s1/i4D3,12D2. The average Bonchev–Trinajstić information content (AvgIpc) is 3.63. The van der Waals surface area contributed by atoms with E-state index in [9.17, 15) is 9.50 Å². The molecule has 0 saturated heterocycles. The molecule has 0 aliphatic heterocycles. The van der Waals surface area contributed by atoms with E-state index in [2.05, 4.69) is 5.92 Å². The maximum absolute atomic E-state index is 14.8. The first-order valence-corrected chi connectivity index (χ1v) is 12.0. The summed E-state index contributed by atoms with van der Waals surface area (Å²) in [6.45, 7) is 3.11. The number of nitrogens with zero attached hydrogens (tertiary/aromatic N) is 2. The third-order valence-corrected chi connectivity index (χ3v) is 7.09. The summed E-state index contributed by atoms with van der Waals surface area (Å²) in [5.41, 5.74) is 2.18. The number of hydrogen-bond donors (Lipinski definition) is 1. The maximum atomic E-state index is 14.8. The number of terminal acetylenes is 1. The van der Waals surface area contributed by atoms with Gasteiger partial charge in [0.05, 0.1) is 41.1 Å².